The Morgan fingerprint density at radius 3 is 2.34 bits per heavy atom. The van der Waals surface area contributed by atoms with Crippen LogP contribution in [0.15, 0.2) is 88.7 Å². The molecular weight excluding hydrogens is 487 g/mol. The molecule has 5 aromatic rings. The van der Waals surface area contributed by atoms with Gasteiger partial charge < -0.3 is 9.30 Å². The molecule has 0 radical (unpaired) electrons. The maximum absolute atomic E-state index is 13.7. The van der Waals surface area contributed by atoms with Gasteiger partial charge in [-0.3, -0.25) is 9.36 Å². The number of imidazole rings is 1. The number of para-hydroxylation sites is 2. The fraction of sp³-hybridized carbons (Fsp3) is 0.115. The maximum Gasteiger partial charge on any atom is 0.337 e. The van der Waals surface area contributed by atoms with Crippen molar-refractivity contribution in [3.05, 3.63) is 121 Å². The second-order valence-corrected chi connectivity index (χ2v) is 8.77. The predicted molar refractivity (Wildman–Crippen MR) is 137 cm³/mol. The van der Waals surface area contributed by atoms with Gasteiger partial charge in [-0.25, -0.2) is 14.3 Å². The van der Waals surface area contributed by atoms with Gasteiger partial charge in [-0.15, -0.1) is 0 Å². The highest BCUT2D eigenvalue weighted by atomic mass is 35.5. The van der Waals surface area contributed by atoms with Crippen LogP contribution in [0.5, 0.6) is 5.75 Å². The first-order valence-electron chi connectivity index (χ1n) is 10.8. The standard InChI is InChI=1S/C26H20Cl2N4O3/c1-35-22-10-6-5-9-21(22)32-24-23(25(33)31(26(32)34)15-17-7-3-2-4-8-17)30(16-29-24)14-18-11-12-19(27)20(28)13-18/h2-13,16H,14-15H2,1H3. The number of aromatic nitrogens is 4. The molecular formula is C26H20Cl2N4O3. The zero-order valence-electron chi connectivity index (χ0n) is 18.7. The van der Waals surface area contributed by atoms with Crippen LogP contribution in [-0.2, 0) is 13.1 Å². The smallest absolute Gasteiger partial charge is 0.337 e. The maximum atomic E-state index is 13.7. The summed E-state index contributed by atoms with van der Waals surface area (Å²) in [6.45, 7) is 0.430. The number of benzene rings is 3. The number of halogens is 2. The van der Waals surface area contributed by atoms with Gasteiger partial charge in [-0.2, -0.15) is 0 Å². The molecule has 3 aromatic carbocycles. The molecule has 0 bridgehead atoms. The van der Waals surface area contributed by atoms with Crippen molar-refractivity contribution in [2.24, 2.45) is 0 Å². The first-order chi connectivity index (χ1) is 17.0. The predicted octanol–water partition coefficient (Wildman–Crippen LogP) is 4.76. The third-order valence-electron chi connectivity index (χ3n) is 5.75. The van der Waals surface area contributed by atoms with Crippen LogP contribution in [0.1, 0.15) is 11.1 Å². The molecule has 176 valence electrons. The van der Waals surface area contributed by atoms with E-state index in [0.29, 0.717) is 28.0 Å². The van der Waals surface area contributed by atoms with Crippen LogP contribution in [-0.4, -0.2) is 25.8 Å². The van der Waals surface area contributed by atoms with E-state index in [2.05, 4.69) is 4.98 Å². The summed E-state index contributed by atoms with van der Waals surface area (Å²) in [6.07, 6.45) is 1.55. The van der Waals surface area contributed by atoms with Crippen molar-refractivity contribution in [3.63, 3.8) is 0 Å². The molecule has 5 rings (SSSR count). The van der Waals surface area contributed by atoms with Crippen LogP contribution in [0.25, 0.3) is 16.9 Å². The Balaban J connectivity index is 1.77. The van der Waals surface area contributed by atoms with Gasteiger partial charge in [0.25, 0.3) is 5.56 Å². The van der Waals surface area contributed by atoms with E-state index in [1.165, 1.54) is 16.2 Å². The molecule has 0 saturated carbocycles. The molecule has 0 atom stereocenters. The van der Waals surface area contributed by atoms with Crippen molar-refractivity contribution in [2.75, 3.05) is 7.11 Å². The summed E-state index contributed by atoms with van der Waals surface area (Å²) in [7, 11) is 1.53. The fourth-order valence-electron chi connectivity index (χ4n) is 4.07. The summed E-state index contributed by atoms with van der Waals surface area (Å²) in [5.74, 6) is 0.486. The molecule has 0 aliphatic heterocycles. The molecule has 2 heterocycles. The minimum Gasteiger partial charge on any atom is -0.495 e. The molecule has 0 N–H and O–H groups in total. The Morgan fingerprint density at radius 2 is 1.60 bits per heavy atom. The molecule has 0 spiro atoms. The van der Waals surface area contributed by atoms with Gasteiger partial charge >= 0.3 is 5.69 Å². The van der Waals surface area contributed by atoms with Crippen LogP contribution in [0.2, 0.25) is 10.0 Å². The lowest BCUT2D eigenvalue weighted by Gasteiger charge is -2.15. The molecule has 9 heteroatoms. The van der Waals surface area contributed by atoms with Crippen molar-refractivity contribution in [3.8, 4) is 11.4 Å². The van der Waals surface area contributed by atoms with E-state index in [4.69, 9.17) is 27.9 Å². The zero-order chi connectivity index (χ0) is 24.5. The molecule has 0 aliphatic carbocycles. The van der Waals surface area contributed by atoms with Gasteiger partial charge in [0.2, 0.25) is 0 Å². The highest BCUT2D eigenvalue weighted by molar-refractivity contribution is 6.42. The minimum absolute atomic E-state index is 0.113. The van der Waals surface area contributed by atoms with Gasteiger partial charge in [0, 0.05) is 6.54 Å². The Labute approximate surface area is 210 Å². The highest BCUT2D eigenvalue weighted by Gasteiger charge is 2.21. The van der Waals surface area contributed by atoms with Crippen LogP contribution >= 0.6 is 23.2 Å². The third kappa shape index (κ3) is 4.24. The fourth-order valence-corrected chi connectivity index (χ4v) is 4.39. The summed E-state index contributed by atoms with van der Waals surface area (Å²) in [5, 5.41) is 0.863. The average Bonchev–Trinajstić information content (AvgIpc) is 3.28. The second kappa shape index (κ2) is 9.44. The molecule has 0 fully saturated rings. The quantitative estimate of drug-likeness (QED) is 0.332. The summed E-state index contributed by atoms with van der Waals surface area (Å²) in [6, 6.07) is 21.8. The molecule has 35 heavy (non-hydrogen) atoms. The Morgan fingerprint density at radius 1 is 0.857 bits per heavy atom. The molecule has 0 amide bonds. The van der Waals surface area contributed by atoms with E-state index in [0.717, 1.165) is 11.1 Å². The number of hydrogen-bond acceptors (Lipinski definition) is 4. The van der Waals surface area contributed by atoms with Crippen molar-refractivity contribution in [2.45, 2.75) is 13.1 Å². The lowest BCUT2D eigenvalue weighted by atomic mass is 10.2. The number of rotatable bonds is 6. The topological polar surface area (TPSA) is 71.1 Å². The lowest BCUT2D eigenvalue weighted by Crippen LogP contribution is -2.40. The third-order valence-corrected chi connectivity index (χ3v) is 6.49. The Hall–Kier alpha value is -3.81. The monoisotopic (exact) mass is 506 g/mol. The SMILES string of the molecule is COc1ccccc1-n1c(=O)n(Cc2ccccc2)c(=O)c2c1ncn2Cc1ccc(Cl)c(Cl)c1. The van der Waals surface area contributed by atoms with Crippen molar-refractivity contribution in [1.82, 2.24) is 18.7 Å². The summed E-state index contributed by atoms with van der Waals surface area (Å²) in [5.41, 5.74) is 1.75. The second-order valence-electron chi connectivity index (χ2n) is 7.96. The molecule has 0 saturated heterocycles. The number of fused-ring (bicyclic) bond motifs is 1. The van der Waals surface area contributed by atoms with Gasteiger partial charge in [-0.05, 0) is 35.4 Å². The van der Waals surface area contributed by atoms with Gasteiger partial charge in [0.15, 0.2) is 11.2 Å². The Bertz CT molecular complexity index is 1660. The zero-order valence-corrected chi connectivity index (χ0v) is 20.2. The van der Waals surface area contributed by atoms with Gasteiger partial charge in [0.1, 0.15) is 5.75 Å². The largest absolute Gasteiger partial charge is 0.495 e. The van der Waals surface area contributed by atoms with E-state index < -0.39 is 11.2 Å². The number of hydrogen-bond donors (Lipinski definition) is 0. The molecule has 7 nitrogen and oxygen atoms in total. The highest BCUT2D eigenvalue weighted by Crippen LogP contribution is 2.25. The number of ether oxygens (including phenoxy) is 1. The van der Waals surface area contributed by atoms with E-state index in [-0.39, 0.29) is 17.7 Å². The van der Waals surface area contributed by atoms with Crippen LogP contribution in [0.4, 0.5) is 0 Å². The van der Waals surface area contributed by atoms with Crippen molar-refractivity contribution in [1.29, 1.82) is 0 Å². The molecule has 0 aliphatic rings. The molecule has 0 unspecified atom stereocenters. The summed E-state index contributed by atoms with van der Waals surface area (Å²) >= 11 is 12.3. The van der Waals surface area contributed by atoms with Gasteiger partial charge in [-0.1, -0.05) is 71.7 Å². The lowest BCUT2D eigenvalue weighted by molar-refractivity contribution is 0.412. The van der Waals surface area contributed by atoms with E-state index in [1.807, 2.05) is 42.5 Å². The number of nitrogens with zero attached hydrogens (tertiary/aromatic N) is 4. The summed E-state index contributed by atoms with van der Waals surface area (Å²) in [4.78, 5) is 31.9. The van der Waals surface area contributed by atoms with E-state index >= 15 is 0 Å². The molecule has 2 aromatic heterocycles. The van der Waals surface area contributed by atoms with Crippen molar-refractivity contribution >= 4 is 34.4 Å². The minimum atomic E-state index is -0.504. The van der Waals surface area contributed by atoms with E-state index in [9.17, 15) is 9.59 Å². The average molecular weight is 507 g/mol. The van der Waals surface area contributed by atoms with Crippen LogP contribution in [0.3, 0.4) is 0 Å². The normalized spacial score (nSPS) is 11.2. The first kappa shape index (κ1) is 23.0. The van der Waals surface area contributed by atoms with Gasteiger partial charge in [0.05, 0.1) is 35.7 Å². The van der Waals surface area contributed by atoms with Crippen LogP contribution in [0, 0.1) is 0 Å². The number of methoxy groups -OCH3 is 1. The summed E-state index contributed by atoms with van der Waals surface area (Å²) < 4.78 is 9.86. The first-order valence-corrected chi connectivity index (χ1v) is 11.6. The van der Waals surface area contributed by atoms with Crippen LogP contribution < -0.4 is 16.0 Å². The Kier molecular flexibility index (Phi) is 6.19. The van der Waals surface area contributed by atoms with Crippen molar-refractivity contribution < 1.29 is 4.74 Å². The van der Waals surface area contributed by atoms with E-state index in [1.54, 1.807) is 41.2 Å².